The summed E-state index contributed by atoms with van der Waals surface area (Å²) in [6.45, 7) is 2.05. The van der Waals surface area contributed by atoms with Crippen LogP contribution < -0.4 is 0 Å². The molecule has 1 heteroatoms. The molecule has 0 N–H and O–H groups in total. The number of hydrogen-bond donors (Lipinski definition) is 0. The molecule has 0 aromatic heterocycles. The summed E-state index contributed by atoms with van der Waals surface area (Å²) < 4.78 is 0. The van der Waals surface area contributed by atoms with Crippen molar-refractivity contribution < 1.29 is 0 Å². The molecule has 0 saturated carbocycles. The highest BCUT2D eigenvalue weighted by Crippen LogP contribution is 2.31. The zero-order chi connectivity index (χ0) is 17.2. The lowest BCUT2D eigenvalue weighted by molar-refractivity contribution is 1.45. The maximum absolute atomic E-state index is 9.74. The average molecular weight is 319 g/mol. The molecule has 1 nitrogen and oxygen atoms in total. The number of allylic oxidation sites excluding steroid dienone is 1. The average Bonchev–Trinajstić information content (AvgIpc) is 2.66. The summed E-state index contributed by atoms with van der Waals surface area (Å²) in [6.07, 6.45) is 2.02. The molecule has 0 spiro atoms. The van der Waals surface area contributed by atoms with Crippen molar-refractivity contribution in [2.24, 2.45) is 0 Å². The Bertz CT molecular complexity index is 1090. The quantitative estimate of drug-likeness (QED) is 0.239. The molecule has 0 unspecified atom stereocenters. The van der Waals surface area contributed by atoms with Crippen molar-refractivity contribution in [3.05, 3.63) is 95.6 Å². The molecule has 25 heavy (non-hydrogen) atoms. The van der Waals surface area contributed by atoms with Crippen molar-refractivity contribution in [3.8, 4) is 6.07 Å². The first-order chi connectivity index (χ1) is 12.3. The maximum Gasteiger partial charge on any atom is 0.0998 e. The minimum absolute atomic E-state index is 0.682. The summed E-state index contributed by atoms with van der Waals surface area (Å²) in [7, 11) is 0. The van der Waals surface area contributed by atoms with E-state index in [-0.39, 0.29) is 0 Å². The first kappa shape index (κ1) is 15.2. The highest BCUT2D eigenvalue weighted by Gasteiger charge is 2.08. The number of nitriles is 1. The van der Waals surface area contributed by atoms with Gasteiger partial charge in [-0.05, 0) is 51.7 Å². The first-order valence-electron chi connectivity index (χ1n) is 8.35. The van der Waals surface area contributed by atoms with Crippen LogP contribution in [-0.4, -0.2) is 0 Å². The van der Waals surface area contributed by atoms with E-state index in [2.05, 4.69) is 55.5 Å². The molecule has 4 rings (SSSR count). The van der Waals surface area contributed by atoms with Crippen LogP contribution in [0, 0.1) is 18.3 Å². The molecule has 0 saturated heterocycles. The Hall–Kier alpha value is -3.37. The Morgan fingerprint density at radius 2 is 1.36 bits per heavy atom. The third-order valence-corrected chi connectivity index (χ3v) is 4.58. The number of benzene rings is 4. The van der Waals surface area contributed by atoms with Gasteiger partial charge in [-0.1, -0.05) is 78.4 Å². The van der Waals surface area contributed by atoms with E-state index in [0.717, 1.165) is 11.1 Å². The monoisotopic (exact) mass is 319 g/mol. The molecule has 0 fully saturated rings. The van der Waals surface area contributed by atoms with Gasteiger partial charge in [0.25, 0.3) is 0 Å². The fourth-order valence-corrected chi connectivity index (χ4v) is 3.26. The van der Waals surface area contributed by atoms with Gasteiger partial charge in [-0.15, -0.1) is 0 Å². The number of nitrogens with zero attached hydrogens (tertiary/aromatic N) is 1. The van der Waals surface area contributed by atoms with Crippen molar-refractivity contribution >= 4 is 33.2 Å². The van der Waals surface area contributed by atoms with E-state index < -0.39 is 0 Å². The Morgan fingerprint density at radius 3 is 1.92 bits per heavy atom. The van der Waals surface area contributed by atoms with Crippen molar-refractivity contribution in [3.63, 3.8) is 0 Å². The number of aryl methyl sites for hydroxylation is 1. The summed E-state index contributed by atoms with van der Waals surface area (Å²) in [5.74, 6) is 0. The van der Waals surface area contributed by atoms with Gasteiger partial charge in [0.05, 0.1) is 11.6 Å². The molecule has 118 valence electrons. The van der Waals surface area contributed by atoms with E-state index in [1.807, 2.05) is 42.5 Å². The van der Waals surface area contributed by atoms with Crippen LogP contribution in [0.4, 0.5) is 0 Å². The van der Waals surface area contributed by atoms with Crippen LogP contribution >= 0.6 is 0 Å². The summed E-state index contributed by atoms with van der Waals surface area (Å²) in [5, 5.41) is 14.4. The standard InChI is InChI=1S/C24H17N/c1-17-10-12-18(13-11-17)21(16-25)15-24-22-8-4-2-6-19(22)14-20-7-3-5-9-23(20)24/h2-15H,1H3/b21-15-. The van der Waals surface area contributed by atoms with Gasteiger partial charge in [0, 0.05) is 0 Å². The lowest BCUT2D eigenvalue weighted by Gasteiger charge is -2.09. The minimum Gasteiger partial charge on any atom is -0.192 e. The molecule has 4 aromatic carbocycles. The largest absolute Gasteiger partial charge is 0.192 e. The molecule has 0 aliphatic heterocycles. The van der Waals surface area contributed by atoms with Gasteiger partial charge in [-0.3, -0.25) is 0 Å². The van der Waals surface area contributed by atoms with Crippen LogP contribution in [0.25, 0.3) is 33.2 Å². The molecule has 4 aromatic rings. The predicted molar refractivity (Wildman–Crippen MR) is 106 cm³/mol. The van der Waals surface area contributed by atoms with Gasteiger partial charge in [-0.25, -0.2) is 0 Å². The highest BCUT2D eigenvalue weighted by atomic mass is 14.2. The molecular formula is C24H17N. The molecular weight excluding hydrogens is 302 g/mol. The van der Waals surface area contributed by atoms with E-state index in [9.17, 15) is 5.26 Å². The zero-order valence-electron chi connectivity index (χ0n) is 14.0. The third-order valence-electron chi connectivity index (χ3n) is 4.58. The Kier molecular flexibility index (Phi) is 3.80. The second-order valence-corrected chi connectivity index (χ2v) is 6.27. The van der Waals surface area contributed by atoms with Crippen molar-refractivity contribution in [1.82, 2.24) is 0 Å². The number of rotatable bonds is 2. The Balaban J connectivity index is 2.03. The normalized spacial score (nSPS) is 11.6. The maximum atomic E-state index is 9.74. The van der Waals surface area contributed by atoms with Gasteiger partial charge < -0.3 is 0 Å². The van der Waals surface area contributed by atoms with Gasteiger partial charge >= 0.3 is 0 Å². The third kappa shape index (κ3) is 2.79. The van der Waals surface area contributed by atoms with Crippen LogP contribution in [0.2, 0.25) is 0 Å². The van der Waals surface area contributed by atoms with E-state index in [4.69, 9.17) is 0 Å². The Labute approximate surface area is 147 Å². The van der Waals surface area contributed by atoms with Gasteiger partial charge in [0.15, 0.2) is 0 Å². The fourth-order valence-electron chi connectivity index (χ4n) is 3.26. The van der Waals surface area contributed by atoms with E-state index in [0.29, 0.717) is 5.57 Å². The van der Waals surface area contributed by atoms with E-state index in [1.165, 1.54) is 27.1 Å². The van der Waals surface area contributed by atoms with Gasteiger partial charge in [0.2, 0.25) is 0 Å². The Morgan fingerprint density at radius 1 is 0.800 bits per heavy atom. The molecule has 0 aliphatic carbocycles. The molecule has 0 amide bonds. The smallest absolute Gasteiger partial charge is 0.0998 e. The van der Waals surface area contributed by atoms with Crippen molar-refractivity contribution in [2.75, 3.05) is 0 Å². The molecule has 0 atom stereocenters. The fraction of sp³-hybridized carbons (Fsp3) is 0.0417. The summed E-state index contributed by atoms with van der Waals surface area (Å²) >= 11 is 0. The second kappa shape index (κ2) is 6.26. The lowest BCUT2D eigenvalue weighted by atomic mass is 9.94. The predicted octanol–water partition coefficient (Wildman–Crippen LogP) is 6.37. The van der Waals surface area contributed by atoms with E-state index >= 15 is 0 Å². The van der Waals surface area contributed by atoms with E-state index in [1.54, 1.807) is 0 Å². The topological polar surface area (TPSA) is 23.8 Å². The zero-order valence-corrected chi connectivity index (χ0v) is 14.0. The SMILES string of the molecule is Cc1ccc(/C(C#N)=C\c2c3ccccc3cc3ccccc23)cc1. The van der Waals surface area contributed by atoms with Crippen LogP contribution in [0.15, 0.2) is 78.9 Å². The second-order valence-electron chi connectivity index (χ2n) is 6.27. The molecule has 0 aliphatic rings. The summed E-state index contributed by atoms with van der Waals surface area (Å²) in [4.78, 5) is 0. The number of fused-ring (bicyclic) bond motifs is 2. The van der Waals surface area contributed by atoms with Gasteiger partial charge in [0.1, 0.15) is 0 Å². The van der Waals surface area contributed by atoms with Crippen molar-refractivity contribution in [2.45, 2.75) is 6.92 Å². The van der Waals surface area contributed by atoms with Crippen molar-refractivity contribution in [1.29, 1.82) is 5.26 Å². The van der Waals surface area contributed by atoms with Crippen LogP contribution in [0.3, 0.4) is 0 Å². The van der Waals surface area contributed by atoms with Crippen LogP contribution in [0.1, 0.15) is 16.7 Å². The summed E-state index contributed by atoms with van der Waals surface area (Å²) in [5.41, 5.74) is 3.93. The minimum atomic E-state index is 0.682. The first-order valence-corrected chi connectivity index (χ1v) is 8.35. The highest BCUT2D eigenvalue weighted by molar-refractivity contribution is 6.10. The lowest BCUT2D eigenvalue weighted by Crippen LogP contribution is -1.87. The molecule has 0 radical (unpaired) electrons. The molecule has 0 bridgehead atoms. The summed E-state index contributed by atoms with van der Waals surface area (Å²) in [6, 6.07) is 29.4. The van der Waals surface area contributed by atoms with Crippen LogP contribution in [-0.2, 0) is 0 Å². The molecule has 0 heterocycles. The van der Waals surface area contributed by atoms with Crippen LogP contribution in [0.5, 0.6) is 0 Å². The number of hydrogen-bond acceptors (Lipinski definition) is 1. The van der Waals surface area contributed by atoms with Gasteiger partial charge in [-0.2, -0.15) is 5.26 Å².